The molecule has 1 aromatic heterocycles. The molecule has 4 rings (SSSR count). The van der Waals surface area contributed by atoms with Crippen LogP contribution < -0.4 is 10.1 Å². The van der Waals surface area contributed by atoms with E-state index in [1.54, 1.807) is 24.1 Å². The standard InChI is InChI=1S/C23H24N4O4S/c1-3-32(29,30)18-9-10-21(31-2)20(13-18)26-23-24-14-17-15-27(12-11-19(17)25-23)22(28)16-7-5-4-6-8-16/h4-10,13-14H,3,11-12,15H2,1-2H3,(H,24,25,26). The zero-order valence-corrected chi connectivity index (χ0v) is 18.7. The lowest BCUT2D eigenvalue weighted by Crippen LogP contribution is -2.36. The van der Waals surface area contributed by atoms with E-state index in [9.17, 15) is 13.2 Å². The molecule has 0 bridgehead atoms. The lowest BCUT2D eigenvalue weighted by Gasteiger charge is -2.28. The number of nitrogens with zero attached hydrogens (tertiary/aromatic N) is 3. The first-order valence-electron chi connectivity index (χ1n) is 10.3. The molecule has 8 nitrogen and oxygen atoms in total. The average molecular weight is 453 g/mol. The molecule has 3 aromatic rings. The Morgan fingerprint density at radius 3 is 2.69 bits per heavy atom. The normalized spacial score (nSPS) is 13.4. The summed E-state index contributed by atoms with van der Waals surface area (Å²) in [6.07, 6.45) is 2.31. The molecule has 1 N–H and O–H groups in total. The van der Waals surface area contributed by atoms with Gasteiger partial charge in [-0.25, -0.2) is 18.4 Å². The van der Waals surface area contributed by atoms with Crippen LogP contribution in [0.1, 0.15) is 28.5 Å². The number of nitrogens with one attached hydrogen (secondary N) is 1. The van der Waals surface area contributed by atoms with Gasteiger partial charge in [-0.2, -0.15) is 0 Å². The summed E-state index contributed by atoms with van der Waals surface area (Å²) in [4.78, 5) is 23.7. The molecule has 166 valence electrons. The van der Waals surface area contributed by atoms with Crippen molar-refractivity contribution in [3.05, 3.63) is 71.5 Å². The number of fused-ring (bicyclic) bond motifs is 1. The first-order valence-corrected chi connectivity index (χ1v) is 11.9. The minimum atomic E-state index is -3.36. The maximum Gasteiger partial charge on any atom is 0.254 e. The Bertz CT molecular complexity index is 1250. The Morgan fingerprint density at radius 2 is 1.97 bits per heavy atom. The Balaban J connectivity index is 1.55. The Kier molecular flexibility index (Phi) is 6.09. The zero-order chi connectivity index (χ0) is 22.7. The first-order chi connectivity index (χ1) is 15.4. The molecule has 0 radical (unpaired) electrons. The number of rotatable bonds is 6. The van der Waals surface area contributed by atoms with Crippen LogP contribution in [0.25, 0.3) is 0 Å². The topological polar surface area (TPSA) is 101 Å². The fourth-order valence-corrected chi connectivity index (χ4v) is 4.48. The smallest absolute Gasteiger partial charge is 0.254 e. The van der Waals surface area contributed by atoms with E-state index in [1.165, 1.54) is 19.2 Å². The van der Waals surface area contributed by atoms with Crippen molar-refractivity contribution in [3.8, 4) is 5.75 Å². The van der Waals surface area contributed by atoms with E-state index in [2.05, 4.69) is 15.3 Å². The number of hydrogen-bond acceptors (Lipinski definition) is 7. The molecule has 0 atom stereocenters. The Labute approximate surface area is 187 Å². The molecule has 9 heteroatoms. The molecule has 1 aliphatic rings. The van der Waals surface area contributed by atoms with Crippen LogP contribution in [0, 0.1) is 0 Å². The fourth-order valence-electron chi connectivity index (χ4n) is 3.58. The molecule has 0 unspecified atom stereocenters. The average Bonchev–Trinajstić information content (AvgIpc) is 2.83. The van der Waals surface area contributed by atoms with Gasteiger partial charge in [0.25, 0.3) is 5.91 Å². The molecule has 0 saturated carbocycles. The number of aromatic nitrogens is 2. The van der Waals surface area contributed by atoms with Gasteiger partial charge in [-0.05, 0) is 30.3 Å². The van der Waals surface area contributed by atoms with Gasteiger partial charge in [-0.1, -0.05) is 25.1 Å². The summed E-state index contributed by atoms with van der Waals surface area (Å²) < 4.78 is 29.9. The number of hydrogen-bond donors (Lipinski definition) is 1. The van der Waals surface area contributed by atoms with Crippen molar-refractivity contribution in [1.29, 1.82) is 0 Å². The number of anilines is 2. The van der Waals surface area contributed by atoms with Crippen molar-refractivity contribution in [2.45, 2.75) is 24.8 Å². The highest BCUT2D eigenvalue weighted by molar-refractivity contribution is 7.91. The van der Waals surface area contributed by atoms with Crippen molar-refractivity contribution < 1.29 is 17.9 Å². The highest BCUT2D eigenvalue weighted by Crippen LogP contribution is 2.30. The summed E-state index contributed by atoms with van der Waals surface area (Å²) in [5.74, 6) is 0.820. The monoisotopic (exact) mass is 452 g/mol. The molecule has 0 spiro atoms. The molecule has 1 aliphatic heterocycles. The van der Waals surface area contributed by atoms with Crippen LogP contribution in [0.5, 0.6) is 5.75 Å². The van der Waals surface area contributed by atoms with Gasteiger partial charge < -0.3 is 15.0 Å². The quantitative estimate of drug-likeness (QED) is 0.613. The van der Waals surface area contributed by atoms with E-state index >= 15 is 0 Å². The third-order valence-electron chi connectivity index (χ3n) is 5.40. The number of benzene rings is 2. The maximum absolute atomic E-state index is 12.7. The number of amides is 1. The van der Waals surface area contributed by atoms with Gasteiger partial charge in [0.15, 0.2) is 9.84 Å². The fraction of sp³-hybridized carbons (Fsp3) is 0.261. The number of methoxy groups -OCH3 is 1. The molecule has 2 heterocycles. The third kappa shape index (κ3) is 4.43. The van der Waals surface area contributed by atoms with Crippen LogP contribution in [-0.2, 0) is 22.8 Å². The number of ether oxygens (including phenoxy) is 1. The van der Waals surface area contributed by atoms with E-state index in [0.29, 0.717) is 42.5 Å². The van der Waals surface area contributed by atoms with Crippen molar-refractivity contribution in [1.82, 2.24) is 14.9 Å². The van der Waals surface area contributed by atoms with Crippen molar-refractivity contribution >= 4 is 27.4 Å². The lowest BCUT2D eigenvalue weighted by molar-refractivity contribution is 0.0733. The number of carbonyl (C=O) groups is 1. The molecule has 32 heavy (non-hydrogen) atoms. The van der Waals surface area contributed by atoms with Gasteiger partial charge in [0.2, 0.25) is 5.95 Å². The van der Waals surface area contributed by atoms with E-state index in [1.807, 2.05) is 30.3 Å². The highest BCUT2D eigenvalue weighted by Gasteiger charge is 2.23. The summed E-state index contributed by atoms with van der Waals surface area (Å²) in [6, 6.07) is 13.9. The van der Waals surface area contributed by atoms with Gasteiger partial charge in [-0.3, -0.25) is 4.79 Å². The summed E-state index contributed by atoms with van der Waals surface area (Å²) >= 11 is 0. The van der Waals surface area contributed by atoms with Gasteiger partial charge in [-0.15, -0.1) is 0 Å². The van der Waals surface area contributed by atoms with Crippen molar-refractivity contribution in [2.75, 3.05) is 24.7 Å². The zero-order valence-electron chi connectivity index (χ0n) is 17.9. The molecular formula is C23H24N4O4S. The predicted octanol–water partition coefficient (Wildman–Crippen LogP) is 3.22. The molecule has 0 fully saturated rings. The maximum atomic E-state index is 12.7. The summed E-state index contributed by atoms with van der Waals surface area (Å²) in [5.41, 5.74) is 2.87. The molecule has 0 aliphatic carbocycles. The number of carbonyl (C=O) groups excluding carboxylic acids is 1. The van der Waals surface area contributed by atoms with Crippen LogP contribution in [0.15, 0.2) is 59.6 Å². The second-order valence-corrected chi connectivity index (χ2v) is 9.68. The summed E-state index contributed by atoms with van der Waals surface area (Å²) in [7, 11) is -1.85. The van der Waals surface area contributed by atoms with Crippen LogP contribution >= 0.6 is 0 Å². The van der Waals surface area contributed by atoms with Crippen LogP contribution in [0.3, 0.4) is 0 Å². The van der Waals surface area contributed by atoms with Crippen LogP contribution in [0.2, 0.25) is 0 Å². The Hall–Kier alpha value is -3.46. The first kappa shape index (κ1) is 21.8. The van der Waals surface area contributed by atoms with Gasteiger partial charge >= 0.3 is 0 Å². The molecule has 1 amide bonds. The summed E-state index contributed by atoms with van der Waals surface area (Å²) in [5, 5.41) is 3.08. The van der Waals surface area contributed by atoms with Gasteiger partial charge in [0.05, 0.1) is 29.1 Å². The van der Waals surface area contributed by atoms with E-state index in [0.717, 1.165) is 11.3 Å². The van der Waals surface area contributed by atoms with Crippen LogP contribution in [0.4, 0.5) is 11.6 Å². The van der Waals surface area contributed by atoms with E-state index in [-0.39, 0.29) is 16.6 Å². The largest absolute Gasteiger partial charge is 0.495 e. The van der Waals surface area contributed by atoms with Gasteiger partial charge in [0.1, 0.15) is 5.75 Å². The van der Waals surface area contributed by atoms with E-state index in [4.69, 9.17) is 4.74 Å². The minimum absolute atomic E-state index is 0.00627. The van der Waals surface area contributed by atoms with Crippen LogP contribution in [-0.4, -0.2) is 48.6 Å². The second kappa shape index (κ2) is 8.96. The number of sulfone groups is 1. The Morgan fingerprint density at radius 1 is 1.19 bits per heavy atom. The minimum Gasteiger partial charge on any atom is -0.495 e. The van der Waals surface area contributed by atoms with Crippen molar-refractivity contribution in [3.63, 3.8) is 0 Å². The second-order valence-electron chi connectivity index (χ2n) is 7.40. The van der Waals surface area contributed by atoms with E-state index < -0.39 is 9.84 Å². The van der Waals surface area contributed by atoms with Gasteiger partial charge in [0, 0.05) is 36.8 Å². The third-order valence-corrected chi connectivity index (χ3v) is 7.13. The van der Waals surface area contributed by atoms with Crippen molar-refractivity contribution in [2.24, 2.45) is 0 Å². The molecule has 0 saturated heterocycles. The molecular weight excluding hydrogens is 428 g/mol. The summed E-state index contributed by atoms with van der Waals surface area (Å²) in [6.45, 7) is 2.60. The highest BCUT2D eigenvalue weighted by atomic mass is 32.2. The SMILES string of the molecule is CCS(=O)(=O)c1ccc(OC)c(Nc2ncc3c(n2)CCN(C(=O)c2ccccc2)C3)c1. The molecule has 2 aromatic carbocycles. The predicted molar refractivity (Wildman–Crippen MR) is 121 cm³/mol. The lowest BCUT2D eigenvalue weighted by atomic mass is 10.1.